The Morgan fingerprint density at radius 2 is 2.38 bits per heavy atom. The van der Waals surface area contributed by atoms with Crippen LogP contribution in [-0.2, 0) is 9.53 Å². The van der Waals surface area contributed by atoms with E-state index in [0.29, 0.717) is 12.2 Å². The zero-order chi connectivity index (χ0) is 12.1. The van der Waals surface area contributed by atoms with Crippen LogP contribution in [0.3, 0.4) is 0 Å². The van der Waals surface area contributed by atoms with Gasteiger partial charge in [0.05, 0.1) is 12.1 Å². The van der Waals surface area contributed by atoms with Crippen LogP contribution in [0.15, 0.2) is 18.2 Å². The van der Waals surface area contributed by atoms with Crippen LogP contribution in [0.25, 0.3) is 0 Å². The van der Waals surface area contributed by atoms with Gasteiger partial charge in [0, 0.05) is 12.2 Å². The smallest absolute Gasteiger partial charge is 0.321 e. The van der Waals surface area contributed by atoms with Crippen molar-refractivity contribution in [1.82, 2.24) is 0 Å². The van der Waals surface area contributed by atoms with E-state index in [2.05, 4.69) is 26.0 Å². The van der Waals surface area contributed by atoms with E-state index in [4.69, 9.17) is 11.6 Å². The Morgan fingerprint density at radius 3 is 2.94 bits per heavy atom. The number of carbonyl (C=O) groups is 1. The monoisotopic (exact) mass is 309 g/mol. The first-order valence-electron chi connectivity index (χ1n) is 4.45. The number of esters is 1. The highest BCUT2D eigenvalue weighted by Crippen LogP contribution is 2.19. The molecule has 0 aliphatic carbocycles. The van der Waals surface area contributed by atoms with Gasteiger partial charge in [0.25, 0.3) is 0 Å². The summed E-state index contributed by atoms with van der Waals surface area (Å²) in [4.78, 5) is 10.6. The molecule has 0 radical (unpaired) electrons. The van der Waals surface area contributed by atoms with E-state index in [9.17, 15) is 9.18 Å². The molecule has 0 bridgehead atoms. The van der Waals surface area contributed by atoms with Crippen LogP contribution >= 0.6 is 27.5 Å². The van der Waals surface area contributed by atoms with E-state index in [1.165, 1.54) is 25.3 Å². The number of carbonyl (C=O) groups excluding carboxylic acids is 1. The van der Waals surface area contributed by atoms with Crippen molar-refractivity contribution < 1.29 is 13.9 Å². The van der Waals surface area contributed by atoms with Crippen molar-refractivity contribution in [1.29, 1.82) is 0 Å². The third kappa shape index (κ3) is 3.64. The molecule has 0 fully saturated rings. The van der Waals surface area contributed by atoms with Crippen LogP contribution in [0.1, 0.15) is 0 Å². The third-order valence-corrected chi connectivity index (χ3v) is 2.85. The molecule has 1 atom stereocenters. The highest BCUT2D eigenvalue weighted by atomic mass is 79.9. The second kappa shape index (κ2) is 6.06. The normalized spacial score (nSPS) is 12.0. The zero-order valence-corrected chi connectivity index (χ0v) is 10.8. The Labute approximate surface area is 106 Å². The van der Waals surface area contributed by atoms with E-state index in [-0.39, 0.29) is 11.0 Å². The average Bonchev–Trinajstić information content (AvgIpc) is 2.29. The second-order valence-electron chi connectivity index (χ2n) is 3.00. The van der Waals surface area contributed by atoms with E-state index in [0.717, 1.165) is 0 Å². The molecule has 1 rings (SSSR count). The minimum Gasteiger partial charge on any atom is -0.468 e. The quantitative estimate of drug-likeness (QED) is 0.686. The van der Waals surface area contributed by atoms with Gasteiger partial charge in [0.2, 0.25) is 0 Å². The lowest BCUT2D eigenvalue weighted by atomic mass is 10.3. The van der Waals surface area contributed by atoms with Crippen molar-refractivity contribution in [3.8, 4) is 0 Å². The minimum atomic E-state index is -0.476. The molecule has 0 spiro atoms. The lowest BCUT2D eigenvalue weighted by Crippen LogP contribution is -2.24. The van der Waals surface area contributed by atoms with Crippen LogP contribution in [0.2, 0.25) is 5.02 Å². The molecule has 3 nitrogen and oxygen atoms in total. The van der Waals surface area contributed by atoms with Gasteiger partial charge in [-0.1, -0.05) is 27.5 Å². The molecular weight excluding hydrogens is 300 g/mol. The molecule has 16 heavy (non-hydrogen) atoms. The minimum absolute atomic E-state index is 0.0363. The van der Waals surface area contributed by atoms with Crippen molar-refractivity contribution in [3.63, 3.8) is 0 Å². The Hall–Kier alpha value is -0.810. The molecule has 0 aliphatic heterocycles. The van der Waals surface area contributed by atoms with Crippen LogP contribution in [-0.4, -0.2) is 24.5 Å². The van der Waals surface area contributed by atoms with Gasteiger partial charge in [0.15, 0.2) is 0 Å². The van der Waals surface area contributed by atoms with Gasteiger partial charge in [-0.2, -0.15) is 0 Å². The summed E-state index contributed by atoms with van der Waals surface area (Å²) < 4.78 is 17.4. The number of alkyl halides is 1. The molecule has 88 valence electrons. The van der Waals surface area contributed by atoms with Gasteiger partial charge in [-0.25, -0.2) is 4.39 Å². The number of nitrogens with one attached hydrogen (secondary N) is 1. The van der Waals surface area contributed by atoms with Gasteiger partial charge in [-0.05, 0) is 18.2 Å². The van der Waals surface area contributed by atoms with Gasteiger partial charge >= 0.3 is 5.97 Å². The fourth-order valence-electron chi connectivity index (χ4n) is 1.02. The van der Waals surface area contributed by atoms with Crippen LogP contribution in [0.4, 0.5) is 10.1 Å². The number of halogens is 3. The summed E-state index contributed by atoms with van der Waals surface area (Å²) in [6.07, 6.45) is 0. The average molecular weight is 311 g/mol. The van der Waals surface area contributed by atoms with Gasteiger partial charge in [0.1, 0.15) is 10.6 Å². The molecule has 0 aliphatic rings. The number of hydrogen-bond donors (Lipinski definition) is 1. The fourth-order valence-corrected chi connectivity index (χ4v) is 1.55. The van der Waals surface area contributed by atoms with Crippen molar-refractivity contribution in [2.24, 2.45) is 0 Å². The topological polar surface area (TPSA) is 38.3 Å². The standard InChI is InChI=1S/C10H10BrClFNO2/c1-16-10(15)7(11)5-14-6-2-3-9(13)8(12)4-6/h2-4,7,14H,5H2,1H3. The van der Waals surface area contributed by atoms with Crippen LogP contribution in [0, 0.1) is 5.82 Å². The number of methoxy groups -OCH3 is 1. The maximum atomic E-state index is 12.8. The molecule has 0 heterocycles. The first kappa shape index (κ1) is 13.3. The molecule has 0 amide bonds. The summed E-state index contributed by atoms with van der Waals surface area (Å²) >= 11 is 8.75. The Kier molecular flexibility index (Phi) is 5.02. The first-order valence-corrected chi connectivity index (χ1v) is 5.74. The summed E-state index contributed by atoms with van der Waals surface area (Å²) in [5.74, 6) is -0.851. The van der Waals surface area contributed by atoms with E-state index in [1.807, 2.05) is 0 Å². The molecular formula is C10H10BrClFNO2. The molecule has 1 unspecified atom stereocenters. The van der Waals surface area contributed by atoms with Gasteiger partial charge in [-0.15, -0.1) is 0 Å². The number of ether oxygens (including phenoxy) is 1. The zero-order valence-electron chi connectivity index (χ0n) is 8.47. The lowest BCUT2D eigenvalue weighted by Gasteiger charge is -2.10. The number of benzene rings is 1. The molecule has 0 saturated heterocycles. The maximum absolute atomic E-state index is 12.8. The number of anilines is 1. The SMILES string of the molecule is COC(=O)C(Br)CNc1ccc(F)c(Cl)c1. The Balaban J connectivity index is 2.55. The first-order chi connectivity index (χ1) is 7.54. The summed E-state index contributed by atoms with van der Waals surface area (Å²) in [6, 6.07) is 4.25. The highest BCUT2D eigenvalue weighted by Gasteiger charge is 2.14. The van der Waals surface area contributed by atoms with Gasteiger partial charge < -0.3 is 10.1 Å². The maximum Gasteiger partial charge on any atom is 0.321 e. The molecule has 1 aromatic carbocycles. The van der Waals surface area contributed by atoms with Gasteiger partial charge in [-0.3, -0.25) is 4.79 Å². The summed E-state index contributed by atoms with van der Waals surface area (Å²) in [5, 5.41) is 2.97. The molecule has 1 aromatic rings. The Bertz CT molecular complexity index is 389. The third-order valence-electron chi connectivity index (χ3n) is 1.86. The Morgan fingerprint density at radius 1 is 1.69 bits per heavy atom. The second-order valence-corrected chi connectivity index (χ2v) is 4.51. The van der Waals surface area contributed by atoms with E-state index in [1.54, 1.807) is 0 Å². The molecule has 0 saturated carbocycles. The summed E-state index contributed by atoms with van der Waals surface area (Å²) in [7, 11) is 1.31. The van der Waals surface area contributed by atoms with Crippen molar-refractivity contribution in [2.45, 2.75) is 4.83 Å². The van der Waals surface area contributed by atoms with E-state index < -0.39 is 10.6 Å². The lowest BCUT2D eigenvalue weighted by molar-refractivity contribution is -0.139. The molecule has 1 N–H and O–H groups in total. The fraction of sp³-hybridized carbons (Fsp3) is 0.300. The highest BCUT2D eigenvalue weighted by molar-refractivity contribution is 9.10. The number of hydrogen-bond acceptors (Lipinski definition) is 3. The predicted molar refractivity (Wildman–Crippen MR) is 64.6 cm³/mol. The van der Waals surface area contributed by atoms with Crippen LogP contribution < -0.4 is 5.32 Å². The van der Waals surface area contributed by atoms with Crippen molar-refractivity contribution >= 4 is 39.2 Å². The molecule has 6 heteroatoms. The largest absolute Gasteiger partial charge is 0.468 e. The summed E-state index contributed by atoms with van der Waals surface area (Å²) in [5.41, 5.74) is 0.639. The van der Waals surface area contributed by atoms with Crippen molar-refractivity contribution in [3.05, 3.63) is 29.0 Å². The van der Waals surface area contributed by atoms with Crippen LogP contribution in [0.5, 0.6) is 0 Å². The van der Waals surface area contributed by atoms with Crippen molar-refractivity contribution in [2.75, 3.05) is 19.0 Å². The summed E-state index contributed by atoms with van der Waals surface area (Å²) in [6.45, 7) is 0.328. The van der Waals surface area contributed by atoms with E-state index >= 15 is 0 Å². The number of rotatable bonds is 4. The molecule has 0 aromatic heterocycles. The predicted octanol–water partition coefficient (Wildman–Crippen LogP) is 2.83.